The summed E-state index contributed by atoms with van der Waals surface area (Å²) in [6, 6.07) is 7.62. The van der Waals surface area contributed by atoms with Gasteiger partial charge in [0, 0.05) is 18.6 Å². The van der Waals surface area contributed by atoms with Crippen molar-refractivity contribution in [3.05, 3.63) is 47.5 Å². The number of nitrogens with one attached hydrogen (secondary N) is 2. The molecule has 3 amide bonds. The molecule has 2 aromatic rings. The number of amides is 3. The van der Waals surface area contributed by atoms with E-state index in [-0.39, 0.29) is 47.7 Å². The molecule has 0 bridgehead atoms. The zero-order chi connectivity index (χ0) is 24.6. The first kappa shape index (κ1) is 23.4. The fraction of sp³-hybridized carbons (Fsp3) is 0.538. The quantitative estimate of drug-likeness (QED) is 0.635. The van der Waals surface area contributed by atoms with Crippen LogP contribution in [0.2, 0.25) is 0 Å². The number of fused-ring (bicyclic) bond motifs is 1. The van der Waals surface area contributed by atoms with Crippen LogP contribution in [0.1, 0.15) is 78.4 Å². The number of hydrogen-bond acceptors (Lipinski definition) is 5. The van der Waals surface area contributed by atoms with Crippen molar-refractivity contribution in [1.29, 1.82) is 0 Å². The Kier molecular flexibility index (Phi) is 6.25. The molecular weight excluding hydrogens is 446 g/mol. The second-order valence-electron chi connectivity index (χ2n) is 10.1. The molecule has 1 aliphatic heterocycles. The third-order valence-electron chi connectivity index (χ3n) is 7.44. The fourth-order valence-corrected chi connectivity index (χ4v) is 5.34. The van der Waals surface area contributed by atoms with Crippen molar-refractivity contribution in [3.8, 4) is 5.75 Å². The first-order valence-corrected chi connectivity index (χ1v) is 12.5. The molecule has 0 saturated heterocycles. The van der Waals surface area contributed by atoms with E-state index in [1.165, 1.54) is 12.7 Å². The van der Waals surface area contributed by atoms with Crippen molar-refractivity contribution in [2.45, 2.75) is 82.6 Å². The lowest BCUT2D eigenvalue weighted by molar-refractivity contribution is -0.133. The van der Waals surface area contributed by atoms with Crippen molar-refractivity contribution in [2.24, 2.45) is 0 Å². The minimum Gasteiger partial charge on any atom is -0.497 e. The number of methoxy groups -OCH3 is 1. The lowest BCUT2D eigenvalue weighted by Crippen LogP contribution is -2.64. The van der Waals surface area contributed by atoms with E-state index in [0.29, 0.717) is 6.54 Å². The summed E-state index contributed by atoms with van der Waals surface area (Å²) in [7, 11) is 1.61. The monoisotopic (exact) mass is 479 g/mol. The first-order chi connectivity index (χ1) is 16.9. The van der Waals surface area contributed by atoms with Crippen molar-refractivity contribution in [2.75, 3.05) is 7.11 Å². The highest BCUT2D eigenvalue weighted by Gasteiger charge is 2.53. The number of benzene rings is 1. The van der Waals surface area contributed by atoms with Crippen molar-refractivity contribution in [3.63, 3.8) is 0 Å². The third-order valence-corrected chi connectivity index (χ3v) is 7.44. The van der Waals surface area contributed by atoms with E-state index >= 15 is 0 Å². The number of aromatic nitrogens is 2. The molecule has 35 heavy (non-hydrogen) atoms. The van der Waals surface area contributed by atoms with Gasteiger partial charge in [-0.3, -0.25) is 14.4 Å². The molecule has 1 aromatic heterocycles. The molecule has 5 rings (SSSR count). The molecule has 1 aromatic carbocycles. The van der Waals surface area contributed by atoms with Crippen LogP contribution in [0, 0.1) is 0 Å². The number of rotatable bonds is 7. The summed E-state index contributed by atoms with van der Waals surface area (Å²) in [4.78, 5) is 46.3. The summed E-state index contributed by atoms with van der Waals surface area (Å²) in [5, 5.41) is 6.08. The van der Waals surface area contributed by atoms with Gasteiger partial charge in [0.2, 0.25) is 5.91 Å². The van der Waals surface area contributed by atoms with Gasteiger partial charge in [0.15, 0.2) is 5.69 Å². The summed E-state index contributed by atoms with van der Waals surface area (Å²) < 4.78 is 6.86. The molecule has 0 unspecified atom stereocenters. The summed E-state index contributed by atoms with van der Waals surface area (Å²) in [5.74, 6) is -0.0728. The molecule has 2 heterocycles. The zero-order valence-electron chi connectivity index (χ0n) is 20.4. The second-order valence-corrected chi connectivity index (χ2v) is 10.1. The van der Waals surface area contributed by atoms with E-state index < -0.39 is 5.54 Å². The molecule has 186 valence electrons. The van der Waals surface area contributed by atoms with E-state index in [4.69, 9.17) is 4.74 Å². The highest BCUT2D eigenvalue weighted by molar-refractivity contribution is 6.07. The van der Waals surface area contributed by atoms with Gasteiger partial charge in [-0.2, -0.15) is 0 Å². The number of imidazole rings is 1. The summed E-state index contributed by atoms with van der Waals surface area (Å²) in [6.07, 6.45) is 8.53. The van der Waals surface area contributed by atoms with Crippen molar-refractivity contribution in [1.82, 2.24) is 25.1 Å². The molecular formula is C26H33N5O4. The smallest absolute Gasteiger partial charge is 0.274 e. The summed E-state index contributed by atoms with van der Waals surface area (Å²) in [6.45, 7) is 2.40. The molecule has 9 heteroatoms. The highest BCUT2D eigenvalue weighted by Crippen LogP contribution is 2.39. The number of carbonyl (C=O) groups excluding carboxylic acids is 3. The Morgan fingerprint density at radius 3 is 2.49 bits per heavy atom. The maximum absolute atomic E-state index is 13.7. The Balaban J connectivity index is 1.35. The number of nitrogens with zero attached hydrogens (tertiary/aromatic N) is 3. The van der Waals surface area contributed by atoms with Crippen LogP contribution >= 0.6 is 0 Å². The van der Waals surface area contributed by atoms with Crippen molar-refractivity contribution >= 4 is 17.7 Å². The predicted octanol–water partition coefficient (Wildman–Crippen LogP) is 2.65. The van der Waals surface area contributed by atoms with Crippen LogP contribution in [0.25, 0.3) is 0 Å². The van der Waals surface area contributed by atoms with Gasteiger partial charge in [-0.05, 0) is 50.3 Å². The van der Waals surface area contributed by atoms with Gasteiger partial charge in [0.05, 0.1) is 20.0 Å². The lowest BCUT2D eigenvalue weighted by Gasteiger charge is -2.44. The maximum Gasteiger partial charge on any atom is 0.274 e. The van der Waals surface area contributed by atoms with E-state index in [0.717, 1.165) is 49.8 Å². The summed E-state index contributed by atoms with van der Waals surface area (Å²) in [5.41, 5.74) is 0.306. The van der Waals surface area contributed by atoms with Crippen LogP contribution in [0.4, 0.5) is 0 Å². The fourth-order valence-electron chi connectivity index (χ4n) is 5.34. The topological polar surface area (TPSA) is 106 Å². The Morgan fingerprint density at radius 1 is 1.11 bits per heavy atom. The molecule has 2 fully saturated rings. The lowest BCUT2D eigenvalue weighted by atomic mass is 9.93. The van der Waals surface area contributed by atoms with Gasteiger partial charge in [-0.25, -0.2) is 4.98 Å². The van der Waals surface area contributed by atoms with Gasteiger partial charge in [0.1, 0.15) is 17.0 Å². The molecule has 2 saturated carbocycles. The van der Waals surface area contributed by atoms with E-state index in [1.54, 1.807) is 23.5 Å². The van der Waals surface area contributed by atoms with Crippen LogP contribution < -0.4 is 15.4 Å². The van der Waals surface area contributed by atoms with Gasteiger partial charge in [-0.1, -0.05) is 31.4 Å². The second kappa shape index (κ2) is 9.36. The Bertz CT molecular complexity index is 1120. The normalized spacial score (nSPS) is 22.5. The number of ether oxygens (including phenoxy) is 1. The van der Waals surface area contributed by atoms with E-state index in [2.05, 4.69) is 15.6 Å². The minimum absolute atomic E-state index is 0.00265. The summed E-state index contributed by atoms with van der Waals surface area (Å²) >= 11 is 0. The minimum atomic E-state index is -1.07. The molecule has 0 radical (unpaired) electrons. The zero-order valence-corrected chi connectivity index (χ0v) is 20.4. The van der Waals surface area contributed by atoms with Crippen LogP contribution in [-0.4, -0.2) is 56.9 Å². The standard InChI is InChI=1S/C26H33N5O4/c1-26(25(34)27-14-17-8-12-20(35-2)13-9-17)15-30-16-28-21(22(30)24(33)31(26)19-10-11-19)23(32)29-18-6-4-3-5-7-18/h8-9,12-13,16,18-19H,3-7,10-11,14-15H2,1-2H3,(H,27,34)(H,29,32)/t26-/m1/s1. The SMILES string of the molecule is COc1ccc(CNC(=O)[C@@]2(C)Cn3cnc(C(=O)NC4CCCCC4)c3C(=O)N2C2CC2)cc1. The first-order valence-electron chi connectivity index (χ1n) is 12.5. The van der Waals surface area contributed by atoms with E-state index in [9.17, 15) is 14.4 Å². The Hall–Kier alpha value is -3.36. The van der Waals surface area contributed by atoms with Crippen LogP contribution in [0.5, 0.6) is 5.75 Å². The number of hydrogen-bond donors (Lipinski definition) is 2. The third kappa shape index (κ3) is 4.51. The Labute approximate surface area is 205 Å². The number of carbonyl (C=O) groups is 3. The maximum atomic E-state index is 13.7. The molecule has 2 aliphatic carbocycles. The predicted molar refractivity (Wildman–Crippen MR) is 129 cm³/mol. The van der Waals surface area contributed by atoms with Gasteiger partial charge < -0.3 is 24.8 Å². The largest absolute Gasteiger partial charge is 0.497 e. The van der Waals surface area contributed by atoms with Crippen LogP contribution in [-0.2, 0) is 17.9 Å². The molecule has 3 aliphatic rings. The highest BCUT2D eigenvalue weighted by atomic mass is 16.5. The van der Waals surface area contributed by atoms with Crippen LogP contribution in [0.15, 0.2) is 30.6 Å². The molecule has 0 spiro atoms. The van der Waals surface area contributed by atoms with E-state index in [1.807, 2.05) is 24.3 Å². The molecule has 1 atom stereocenters. The van der Waals surface area contributed by atoms with Crippen LogP contribution in [0.3, 0.4) is 0 Å². The molecule has 2 N–H and O–H groups in total. The van der Waals surface area contributed by atoms with Gasteiger partial charge >= 0.3 is 0 Å². The van der Waals surface area contributed by atoms with Gasteiger partial charge in [0.25, 0.3) is 11.8 Å². The average Bonchev–Trinajstić information content (AvgIpc) is 3.60. The molecule has 9 nitrogen and oxygen atoms in total. The van der Waals surface area contributed by atoms with Crippen molar-refractivity contribution < 1.29 is 19.1 Å². The Morgan fingerprint density at radius 2 is 1.83 bits per heavy atom. The average molecular weight is 480 g/mol. The van der Waals surface area contributed by atoms with Gasteiger partial charge in [-0.15, -0.1) is 0 Å².